The zero-order valence-electron chi connectivity index (χ0n) is 9.83. The number of hydrogen-bond acceptors (Lipinski definition) is 4. The molecule has 2 saturated heterocycles. The second-order valence-corrected chi connectivity index (χ2v) is 5.81. The summed E-state index contributed by atoms with van der Waals surface area (Å²) >= 11 is 1.36. The normalized spacial score (nSPS) is 34.3. The highest BCUT2D eigenvalue weighted by atomic mass is 32.2. The summed E-state index contributed by atoms with van der Waals surface area (Å²) in [5, 5.41) is 9.18. The fourth-order valence-corrected chi connectivity index (χ4v) is 3.88. The van der Waals surface area contributed by atoms with Gasteiger partial charge >= 0.3 is 5.97 Å². The van der Waals surface area contributed by atoms with Crippen molar-refractivity contribution in [3.63, 3.8) is 0 Å². The molecule has 2 aliphatic heterocycles. The van der Waals surface area contributed by atoms with E-state index in [-0.39, 0.29) is 17.1 Å². The van der Waals surface area contributed by atoms with E-state index >= 15 is 0 Å². The maximum atomic E-state index is 11.5. The van der Waals surface area contributed by atoms with Gasteiger partial charge in [-0.2, -0.15) is 0 Å². The van der Waals surface area contributed by atoms with Crippen molar-refractivity contribution in [3.05, 3.63) is 24.8 Å². The van der Waals surface area contributed by atoms with Crippen molar-refractivity contribution in [2.24, 2.45) is 0 Å². The number of hydrogen-bond donors (Lipinski definition) is 1. The number of ketones is 1. The molecular weight excluding hydrogens is 254 g/mol. The zero-order valence-corrected chi connectivity index (χ0v) is 10.6. The highest BCUT2D eigenvalue weighted by Gasteiger charge is 2.60. The average molecular weight is 267 g/mol. The van der Waals surface area contributed by atoms with Crippen LogP contribution in [-0.2, 0) is 14.4 Å². The van der Waals surface area contributed by atoms with E-state index < -0.39 is 16.8 Å². The monoisotopic (exact) mass is 267 g/mol. The molecule has 1 amide bonds. The maximum Gasteiger partial charge on any atom is 0.328 e. The molecule has 3 atom stereocenters. The Kier molecular flexibility index (Phi) is 3.06. The van der Waals surface area contributed by atoms with Crippen LogP contribution in [0, 0.1) is 0 Å². The molecule has 2 heterocycles. The fourth-order valence-electron chi connectivity index (χ4n) is 2.25. The molecular formula is C12H13NO4S. The number of amides is 1. The highest BCUT2D eigenvalue weighted by molar-refractivity contribution is 8.02. The van der Waals surface area contributed by atoms with Gasteiger partial charge in [0.2, 0.25) is 5.91 Å². The largest absolute Gasteiger partial charge is 0.480 e. The molecule has 2 aliphatic rings. The Labute approximate surface area is 109 Å². The van der Waals surface area contributed by atoms with Gasteiger partial charge in [0.25, 0.3) is 0 Å². The first-order valence-electron chi connectivity index (χ1n) is 5.46. The van der Waals surface area contributed by atoms with Gasteiger partial charge in [0.05, 0.1) is 16.5 Å². The predicted molar refractivity (Wildman–Crippen MR) is 67.0 cm³/mol. The molecule has 2 fully saturated rings. The number of aliphatic carboxylic acids is 1. The van der Waals surface area contributed by atoms with E-state index in [2.05, 4.69) is 6.58 Å². The molecule has 0 bridgehead atoms. The van der Waals surface area contributed by atoms with Gasteiger partial charge in [-0.25, -0.2) is 4.79 Å². The van der Waals surface area contributed by atoms with Crippen molar-refractivity contribution in [2.75, 3.05) is 0 Å². The minimum absolute atomic E-state index is 0.131. The first-order chi connectivity index (χ1) is 8.41. The molecule has 0 aliphatic carbocycles. The van der Waals surface area contributed by atoms with Gasteiger partial charge in [-0.3, -0.25) is 9.59 Å². The third-order valence-electron chi connectivity index (χ3n) is 3.12. The number of fused-ring (bicyclic) bond motifs is 1. The van der Waals surface area contributed by atoms with E-state index in [9.17, 15) is 19.5 Å². The molecule has 18 heavy (non-hydrogen) atoms. The van der Waals surface area contributed by atoms with Gasteiger partial charge in [-0.05, 0) is 13.0 Å². The molecule has 1 unspecified atom stereocenters. The lowest BCUT2D eigenvalue weighted by molar-refractivity contribution is -0.156. The fraction of sp³-hybridized carbons (Fsp3) is 0.417. The summed E-state index contributed by atoms with van der Waals surface area (Å²) < 4.78 is -0.922. The van der Waals surface area contributed by atoms with Gasteiger partial charge < -0.3 is 10.0 Å². The number of carboxylic acids is 1. The molecule has 0 spiro atoms. The summed E-state index contributed by atoms with van der Waals surface area (Å²) in [4.78, 5) is 35.3. The second kappa shape index (κ2) is 4.28. The van der Waals surface area contributed by atoms with Crippen molar-refractivity contribution < 1.29 is 19.5 Å². The third kappa shape index (κ3) is 1.77. The molecule has 0 saturated carbocycles. The molecule has 0 aromatic rings. The molecule has 0 radical (unpaired) electrons. The number of carbonyl (C=O) groups is 3. The van der Waals surface area contributed by atoms with Crippen LogP contribution in [0.25, 0.3) is 0 Å². The van der Waals surface area contributed by atoms with Crippen molar-refractivity contribution in [3.8, 4) is 0 Å². The van der Waals surface area contributed by atoms with Crippen molar-refractivity contribution in [1.82, 2.24) is 4.90 Å². The summed E-state index contributed by atoms with van der Waals surface area (Å²) in [6.07, 6.45) is 4.72. The Morgan fingerprint density at radius 3 is 2.72 bits per heavy atom. The number of nitrogens with zero attached hydrogens (tertiary/aromatic N) is 1. The SMILES string of the molecule is C=CC1(C=CC(C)=O)S[C@@H]2CC(=O)N2[C@H]1C(=O)O. The topological polar surface area (TPSA) is 74.7 Å². The minimum atomic E-state index is -1.08. The summed E-state index contributed by atoms with van der Waals surface area (Å²) in [5.41, 5.74) is 0. The molecule has 96 valence electrons. The highest BCUT2D eigenvalue weighted by Crippen LogP contribution is 2.52. The molecule has 0 aromatic heterocycles. The van der Waals surface area contributed by atoms with Crippen LogP contribution in [0.1, 0.15) is 13.3 Å². The average Bonchev–Trinajstić information content (AvgIpc) is 2.56. The number of thioether (sulfide) groups is 1. The summed E-state index contributed by atoms with van der Waals surface area (Å²) in [6, 6.07) is -0.984. The smallest absolute Gasteiger partial charge is 0.328 e. The van der Waals surface area contributed by atoms with Crippen LogP contribution in [0.15, 0.2) is 24.8 Å². The molecule has 5 nitrogen and oxygen atoms in total. The van der Waals surface area contributed by atoms with Crippen LogP contribution in [0.4, 0.5) is 0 Å². The van der Waals surface area contributed by atoms with E-state index in [4.69, 9.17) is 0 Å². The Balaban J connectivity index is 2.39. The van der Waals surface area contributed by atoms with Crippen LogP contribution < -0.4 is 0 Å². The maximum absolute atomic E-state index is 11.5. The van der Waals surface area contributed by atoms with E-state index in [1.54, 1.807) is 0 Å². The predicted octanol–water partition coefficient (Wildman–Crippen LogP) is 0.815. The first kappa shape index (κ1) is 12.9. The van der Waals surface area contributed by atoms with Gasteiger partial charge in [-0.1, -0.05) is 12.2 Å². The molecule has 6 heteroatoms. The van der Waals surface area contributed by atoms with E-state index in [0.29, 0.717) is 6.42 Å². The third-order valence-corrected chi connectivity index (χ3v) is 4.72. The van der Waals surface area contributed by atoms with Crippen LogP contribution in [0.2, 0.25) is 0 Å². The molecule has 2 rings (SSSR count). The Hall–Kier alpha value is -1.56. The summed E-state index contributed by atoms with van der Waals surface area (Å²) in [7, 11) is 0. The second-order valence-electron chi connectivity index (χ2n) is 4.32. The van der Waals surface area contributed by atoms with Crippen LogP contribution in [0.3, 0.4) is 0 Å². The zero-order chi connectivity index (χ0) is 13.5. The van der Waals surface area contributed by atoms with Crippen molar-refractivity contribution >= 4 is 29.4 Å². The number of carbonyl (C=O) groups excluding carboxylic acids is 2. The van der Waals surface area contributed by atoms with Gasteiger partial charge in [0.1, 0.15) is 0 Å². The summed E-state index contributed by atoms with van der Waals surface area (Å²) in [5.74, 6) is -1.41. The number of rotatable bonds is 4. The minimum Gasteiger partial charge on any atom is -0.480 e. The van der Waals surface area contributed by atoms with Gasteiger partial charge in [0.15, 0.2) is 11.8 Å². The Bertz CT molecular complexity index is 473. The Morgan fingerprint density at radius 2 is 2.28 bits per heavy atom. The standard InChI is InChI=1S/C12H13NO4S/c1-3-12(5-4-7(2)14)10(11(16)17)13-8(15)6-9(13)18-12/h3-5,9-10H,1,6H2,2H3,(H,16,17)/t9-,10+,12?/m1/s1. The lowest BCUT2D eigenvalue weighted by Gasteiger charge is -2.36. The molecule has 0 aromatic carbocycles. The lowest BCUT2D eigenvalue weighted by Crippen LogP contribution is -2.57. The molecule has 1 N–H and O–H groups in total. The van der Waals surface area contributed by atoms with E-state index in [1.165, 1.54) is 41.8 Å². The van der Waals surface area contributed by atoms with Crippen molar-refractivity contribution in [1.29, 1.82) is 0 Å². The summed E-state index contributed by atoms with van der Waals surface area (Å²) in [6.45, 7) is 5.05. The van der Waals surface area contributed by atoms with E-state index in [1.807, 2.05) is 0 Å². The van der Waals surface area contributed by atoms with Crippen molar-refractivity contribution in [2.45, 2.75) is 29.5 Å². The number of allylic oxidation sites excluding steroid dienone is 1. The van der Waals surface area contributed by atoms with Gasteiger partial charge in [-0.15, -0.1) is 18.3 Å². The van der Waals surface area contributed by atoms with Crippen LogP contribution in [-0.4, -0.2) is 43.8 Å². The quantitative estimate of drug-likeness (QED) is 0.463. The first-order valence-corrected chi connectivity index (χ1v) is 6.34. The number of carboxylic acid groups (broad SMARTS) is 1. The van der Waals surface area contributed by atoms with Gasteiger partial charge in [0, 0.05) is 0 Å². The Morgan fingerprint density at radius 1 is 1.61 bits per heavy atom. The number of β-lactam (4-membered cyclic amide) rings is 1. The lowest BCUT2D eigenvalue weighted by atomic mass is 9.94. The van der Waals surface area contributed by atoms with E-state index in [0.717, 1.165) is 0 Å². The van der Waals surface area contributed by atoms with Crippen LogP contribution in [0.5, 0.6) is 0 Å². The van der Waals surface area contributed by atoms with Crippen LogP contribution >= 0.6 is 11.8 Å².